The van der Waals surface area contributed by atoms with Crippen LogP contribution in [0.3, 0.4) is 0 Å². The molecule has 27 heavy (non-hydrogen) atoms. The lowest BCUT2D eigenvalue weighted by atomic mass is 9.98. The number of nitrogens with one attached hydrogen (secondary N) is 1. The second kappa shape index (κ2) is 7.13. The summed E-state index contributed by atoms with van der Waals surface area (Å²) >= 11 is 5.94. The molecule has 0 aliphatic carbocycles. The maximum absolute atomic E-state index is 13.4. The summed E-state index contributed by atoms with van der Waals surface area (Å²) in [6, 6.07) is 14.2. The zero-order valence-corrected chi connectivity index (χ0v) is 16.7. The number of para-hydroxylation sites is 1. The number of H-pyrrole nitrogens is 1. The molecular formula is C21H22ClN2O2S+. The van der Waals surface area contributed by atoms with Gasteiger partial charge in [-0.1, -0.05) is 30.7 Å². The molecule has 3 aromatic rings. The molecule has 0 bridgehead atoms. The van der Waals surface area contributed by atoms with Crippen molar-refractivity contribution < 1.29 is 13.4 Å². The van der Waals surface area contributed by atoms with Crippen LogP contribution in [0.5, 0.6) is 0 Å². The second-order valence-electron chi connectivity index (χ2n) is 7.17. The van der Waals surface area contributed by atoms with Gasteiger partial charge in [-0.15, -0.1) is 0 Å². The minimum Gasteiger partial charge on any atom is -0.370 e. The van der Waals surface area contributed by atoms with Gasteiger partial charge in [0, 0.05) is 24.2 Å². The van der Waals surface area contributed by atoms with Crippen molar-refractivity contribution in [2.45, 2.75) is 29.6 Å². The highest BCUT2D eigenvalue weighted by atomic mass is 35.5. The van der Waals surface area contributed by atoms with Gasteiger partial charge in [-0.25, -0.2) is 13.4 Å². The maximum atomic E-state index is 13.4. The summed E-state index contributed by atoms with van der Waals surface area (Å²) in [6.45, 7) is 3.97. The number of benzene rings is 2. The van der Waals surface area contributed by atoms with Crippen LogP contribution < -0.4 is 9.88 Å². The summed E-state index contributed by atoms with van der Waals surface area (Å²) in [5.74, 6) is 0.666. The smallest absolute Gasteiger partial charge is 0.214 e. The van der Waals surface area contributed by atoms with Crippen molar-refractivity contribution in [3.63, 3.8) is 0 Å². The molecule has 0 amide bonds. The molecule has 0 radical (unpaired) electrons. The molecule has 0 unspecified atom stereocenters. The first kappa shape index (κ1) is 18.3. The van der Waals surface area contributed by atoms with Crippen molar-refractivity contribution in [2.75, 3.05) is 18.0 Å². The number of aromatic amines is 1. The standard InChI is InChI=1S/C21H21ClN2O2S/c1-15-10-12-24(13-11-15)21-18-4-2-3-5-19(18)23-14-20(21)27(25,26)17-8-6-16(22)7-9-17/h2-9,14-15H,10-13H2,1H3/p+1. The van der Waals surface area contributed by atoms with Gasteiger partial charge in [0.05, 0.1) is 16.0 Å². The first-order chi connectivity index (χ1) is 13.0. The van der Waals surface area contributed by atoms with Gasteiger partial charge in [-0.2, -0.15) is 0 Å². The third-order valence-corrected chi connectivity index (χ3v) is 7.32. The monoisotopic (exact) mass is 401 g/mol. The zero-order chi connectivity index (χ0) is 19.0. The molecule has 0 saturated carbocycles. The van der Waals surface area contributed by atoms with E-state index >= 15 is 0 Å². The summed E-state index contributed by atoms with van der Waals surface area (Å²) in [5, 5.41) is 1.45. The van der Waals surface area contributed by atoms with Gasteiger partial charge in [0.2, 0.25) is 15.4 Å². The van der Waals surface area contributed by atoms with Crippen molar-refractivity contribution >= 4 is 38.0 Å². The predicted molar refractivity (Wildman–Crippen MR) is 108 cm³/mol. The van der Waals surface area contributed by atoms with E-state index < -0.39 is 9.84 Å². The Balaban J connectivity index is 1.92. The Labute approximate surface area is 164 Å². The molecule has 1 fully saturated rings. The Morgan fingerprint density at radius 1 is 1.04 bits per heavy atom. The van der Waals surface area contributed by atoms with E-state index in [1.54, 1.807) is 30.5 Å². The van der Waals surface area contributed by atoms with E-state index in [1.807, 2.05) is 24.3 Å². The molecule has 1 aliphatic rings. The van der Waals surface area contributed by atoms with E-state index in [2.05, 4.69) is 16.8 Å². The number of pyridine rings is 1. The number of anilines is 1. The van der Waals surface area contributed by atoms with Crippen LogP contribution >= 0.6 is 11.6 Å². The highest BCUT2D eigenvalue weighted by molar-refractivity contribution is 7.91. The molecule has 0 atom stereocenters. The highest BCUT2D eigenvalue weighted by Crippen LogP contribution is 2.36. The SMILES string of the molecule is CC1CCN(c2c(S(=O)(=O)c3ccc(Cl)cc3)c[nH+]c3ccccc23)CC1. The van der Waals surface area contributed by atoms with E-state index in [9.17, 15) is 8.42 Å². The van der Waals surface area contributed by atoms with Crippen LogP contribution in [0.25, 0.3) is 10.9 Å². The molecule has 0 spiro atoms. The van der Waals surface area contributed by atoms with Gasteiger partial charge in [-0.3, -0.25) is 0 Å². The zero-order valence-electron chi connectivity index (χ0n) is 15.2. The number of halogens is 1. The fraction of sp³-hybridized carbons (Fsp3) is 0.286. The molecule has 1 aliphatic heterocycles. The number of fused-ring (bicyclic) bond motifs is 1. The second-order valence-corrected chi connectivity index (χ2v) is 9.53. The van der Waals surface area contributed by atoms with Crippen molar-refractivity contribution in [1.82, 2.24) is 0 Å². The van der Waals surface area contributed by atoms with Gasteiger partial charge in [0.15, 0.2) is 11.1 Å². The average Bonchev–Trinajstić information content (AvgIpc) is 2.68. The number of piperidine rings is 1. The van der Waals surface area contributed by atoms with Crippen LogP contribution in [0.15, 0.2) is 64.5 Å². The molecular weight excluding hydrogens is 380 g/mol. The Bertz CT molecular complexity index is 1070. The van der Waals surface area contributed by atoms with Gasteiger partial charge < -0.3 is 4.90 Å². The van der Waals surface area contributed by atoms with Crippen molar-refractivity contribution in [3.8, 4) is 0 Å². The Morgan fingerprint density at radius 2 is 1.70 bits per heavy atom. The molecule has 4 nitrogen and oxygen atoms in total. The fourth-order valence-corrected chi connectivity index (χ4v) is 5.25. The van der Waals surface area contributed by atoms with Crippen LogP contribution in [0, 0.1) is 5.92 Å². The summed E-state index contributed by atoms with van der Waals surface area (Å²) in [5.41, 5.74) is 1.73. The topological polar surface area (TPSA) is 51.5 Å². The normalized spacial score (nSPS) is 16.0. The van der Waals surface area contributed by atoms with E-state index in [4.69, 9.17) is 11.6 Å². The van der Waals surface area contributed by atoms with Crippen molar-refractivity contribution in [2.24, 2.45) is 5.92 Å². The summed E-state index contributed by atoms with van der Waals surface area (Å²) in [6.07, 6.45) is 3.75. The largest absolute Gasteiger partial charge is 0.370 e. The lowest BCUT2D eigenvalue weighted by Gasteiger charge is -2.33. The minimum absolute atomic E-state index is 0.252. The third-order valence-electron chi connectivity index (χ3n) is 5.29. The molecule has 140 valence electrons. The average molecular weight is 402 g/mol. The van der Waals surface area contributed by atoms with Gasteiger partial charge in [-0.05, 0) is 49.1 Å². The lowest BCUT2D eigenvalue weighted by Crippen LogP contribution is -2.34. The summed E-state index contributed by atoms with van der Waals surface area (Å²) in [7, 11) is -3.67. The number of nitrogens with zero attached hydrogens (tertiary/aromatic N) is 1. The maximum Gasteiger partial charge on any atom is 0.214 e. The highest BCUT2D eigenvalue weighted by Gasteiger charge is 2.30. The molecule has 4 rings (SSSR count). The van der Waals surface area contributed by atoms with Crippen LogP contribution in [0.4, 0.5) is 5.69 Å². The third kappa shape index (κ3) is 3.42. The summed E-state index contributed by atoms with van der Waals surface area (Å²) in [4.78, 5) is 5.95. The minimum atomic E-state index is -3.67. The van der Waals surface area contributed by atoms with Crippen molar-refractivity contribution in [1.29, 1.82) is 0 Å². The van der Waals surface area contributed by atoms with Crippen LogP contribution in [0.1, 0.15) is 19.8 Å². The van der Waals surface area contributed by atoms with E-state index in [0.29, 0.717) is 15.8 Å². The van der Waals surface area contributed by atoms with E-state index in [0.717, 1.165) is 42.5 Å². The van der Waals surface area contributed by atoms with Gasteiger partial charge >= 0.3 is 0 Å². The van der Waals surface area contributed by atoms with Crippen LogP contribution in [-0.2, 0) is 9.84 Å². The fourth-order valence-electron chi connectivity index (χ4n) is 3.66. The molecule has 6 heteroatoms. The molecule has 2 heterocycles. The van der Waals surface area contributed by atoms with Gasteiger partial charge in [0.1, 0.15) is 0 Å². The van der Waals surface area contributed by atoms with Crippen LogP contribution in [-0.4, -0.2) is 21.5 Å². The van der Waals surface area contributed by atoms with Crippen molar-refractivity contribution in [3.05, 3.63) is 59.8 Å². The van der Waals surface area contributed by atoms with E-state index in [-0.39, 0.29) is 4.90 Å². The molecule has 1 saturated heterocycles. The van der Waals surface area contributed by atoms with Crippen LogP contribution in [0.2, 0.25) is 5.02 Å². The molecule has 1 N–H and O–H groups in total. The number of sulfone groups is 1. The quantitative estimate of drug-likeness (QED) is 0.654. The Hall–Kier alpha value is -2.11. The lowest BCUT2D eigenvalue weighted by molar-refractivity contribution is -0.347. The Morgan fingerprint density at radius 3 is 2.41 bits per heavy atom. The first-order valence-corrected chi connectivity index (χ1v) is 11.0. The van der Waals surface area contributed by atoms with Gasteiger partial charge in [0.25, 0.3) is 0 Å². The van der Waals surface area contributed by atoms with E-state index in [1.165, 1.54) is 0 Å². The number of hydrogen-bond acceptors (Lipinski definition) is 3. The Kier molecular flexibility index (Phi) is 4.82. The predicted octanol–water partition coefficient (Wildman–Crippen LogP) is 4.38. The number of hydrogen-bond donors (Lipinski definition) is 0. The molecule has 2 aromatic carbocycles. The summed E-state index contributed by atoms with van der Waals surface area (Å²) < 4.78 is 26.9. The number of aromatic nitrogens is 1. The number of rotatable bonds is 3. The molecule has 1 aromatic heterocycles. The first-order valence-electron chi connectivity index (χ1n) is 9.16.